The van der Waals surface area contributed by atoms with Crippen molar-refractivity contribution < 1.29 is 4.79 Å². The highest BCUT2D eigenvalue weighted by Gasteiger charge is 2.25. The minimum Gasteiger partial charge on any atom is -0.352 e. The molecule has 1 saturated carbocycles. The Morgan fingerprint density at radius 2 is 1.95 bits per heavy atom. The SMILES string of the molecule is Cl.NCC1CCCCC1NC(=O)CSc1ccc(Cl)cc1. The molecule has 3 nitrogen and oxygen atoms in total. The first-order valence-electron chi connectivity index (χ1n) is 7.07. The minimum absolute atomic E-state index is 0. The van der Waals surface area contributed by atoms with Gasteiger partial charge in [0.2, 0.25) is 5.91 Å². The van der Waals surface area contributed by atoms with E-state index in [4.69, 9.17) is 17.3 Å². The zero-order chi connectivity index (χ0) is 14.4. The second-order valence-electron chi connectivity index (χ2n) is 5.20. The van der Waals surface area contributed by atoms with E-state index in [1.54, 1.807) is 0 Å². The van der Waals surface area contributed by atoms with Gasteiger partial charge in [0.1, 0.15) is 0 Å². The molecule has 3 N–H and O–H groups in total. The van der Waals surface area contributed by atoms with Crippen LogP contribution >= 0.6 is 35.8 Å². The summed E-state index contributed by atoms with van der Waals surface area (Å²) >= 11 is 7.37. The van der Waals surface area contributed by atoms with Gasteiger partial charge < -0.3 is 11.1 Å². The molecule has 2 rings (SSSR count). The highest BCUT2D eigenvalue weighted by molar-refractivity contribution is 8.00. The smallest absolute Gasteiger partial charge is 0.230 e. The van der Waals surface area contributed by atoms with E-state index in [0.29, 0.717) is 23.2 Å². The first-order chi connectivity index (χ1) is 9.69. The lowest BCUT2D eigenvalue weighted by atomic mass is 9.84. The largest absolute Gasteiger partial charge is 0.352 e. The summed E-state index contributed by atoms with van der Waals surface area (Å²) in [6.45, 7) is 0.662. The summed E-state index contributed by atoms with van der Waals surface area (Å²) in [4.78, 5) is 13.1. The zero-order valence-electron chi connectivity index (χ0n) is 11.9. The molecule has 0 saturated heterocycles. The molecule has 1 aromatic rings. The normalized spacial score (nSPS) is 21.4. The van der Waals surface area contributed by atoms with Crippen molar-refractivity contribution in [2.45, 2.75) is 36.6 Å². The van der Waals surface area contributed by atoms with E-state index < -0.39 is 0 Å². The highest BCUT2D eigenvalue weighted by atomic mass is 35.5. The number of hydrogen-bond donors (Lipinski definition) is 2. The molecular weight excluding hydrogens is 327 g/mol. The van der Waals surface area contributed by atoms with Crippen LogP contribution in [-0.2, 0) is 4.79 Å². The van der Waals surface area contributed by atoms with Crippen LogP contribution in [0.3, 0.4) is 0 Å². The van der Waals surface area contributed by atoms with E-state index >= 15 is 0 Å². The third kappa shape index (κ3) is 6.07. The van der Waals surface area contributed by atoms with Crippen molar-refractivity contribution in [3.8, 4) is 0 Å². The number of rotatable bonds is 5. The average Bonchev–Trinajstić information content (AvgIpc) is 2.47. The van der Waals surface area contributed by atoms with Gasteiger partial charge in [-0.3, -0.25) is 4.79 Å². The molecule has 2 atom stereocenters. The van der Waals surface area contributed by atoms with Gasteiger partial charge in [-0.05, 0) is 49.6 Å². The van der Waals surface area contributed by atoms with Crippen molar-refractivity contribution >= 4 is 41.7 Å². The molecule has 118 valence electrons. The van der Waals surface area contributed by atoms with Crippen molar-refractivity contribution in [3.63, 3.8) is 0 Å². The molecule has 6 heteroatoms. The Balaban J connectivity index is 0.00000220. The average molecular weight is 349 g/mol. The molecule has 0 bridgehead atoms. The summed E-state index contributed by atoms with van der Waals surface area (Å²) in [6.07, 6.45) is 4.60. The molecule has 1 fully saturated rings. The Bertz CT molecular complexity index is 442. The van der Waals surface area contributed by atoms with Crippen molar-refractivity contribution in [1.29, 1.82) is 0 Å². The van der Waals surface area contributed by atoms with Crippen LogP contribution < -0.4 is 11.1 Å². The van der Waals surface area contributed by atoms with Crippen LogP contribution in [0, 0.1) is 5.92 Å². The molecule has 0 aliphatic heterocycles. The molecule has 2 unspecified atom stereocenters. The number of nitrogens with two attached hydrogens (primary N) is 1. The van der Waals surface area contributed by atoms with Crippen molar-refractivity contribution in [1.82, 2.24) is 5.32 Å². The Morgan fingerprint density at radius 3 is 2.62 bits per heavy atom. The lowest BCUT2D eigenvalue weighted by Crippen LogP contribution is -2.45. The van der Waals surface area contributed by atoms with Gasteiger partial charge in [0, 0.05) is 16.0 Å². The van der Waals surface area contributed by atoms with E-state index in [1.165, 1.54) is 24.6 Å². The number of carbonyl (C=O) groups excluding carboxylic acids is 1. The first-order valence-corrected chi connectivity index (χ1v) is 8.43. The molecule has 0 heterocycles. The lowest BCUT2D eigenvalue weighted by molar-refractivity contribution is -0.119. The van der Waals surface area contributed by atoms with Crippen LogP contribution in [0.4, 0.5) is 0 Å². The number of nitrogens with one attached hydrogen (secondary N) is 1. The molecule has 1 aliphatic rings. The van der Waals surface area contributed by atoms with Crippen molar-refractivity contribution in [2.24, 2.45) is 11.7 Å². The fourth-order valence-corrected chi connectivity index (χ4v) is 3.44. The number of hydrogen-bond acceptors (Lipinski definition) is 3. The third-order valence-corrected chi connectivity index (χ3v) is 5.01. The topological polar surface area (TPSA) is 55.1 Å². The van der Waals surface area contributed by atoms with Crippen LogP contribution in [0.5, 0.6) is 0 Å². The van der Waals surface area contributed by atoms with Gasteiger partial charge in [-0.15, -0.1) is 24.2 Å². The summed E-state index contributed by atoms with van der Waals surface area (Å²) < 4.78 is 0. The van der Waals surface area contributed by atoms with Crippen LogP contribution in [0.2, 0.25) is 5.02 Å². The summed E-state index contributed by atoms with van der Waals surface area (Å²) in [5.41, 5.74) is 5.78. The van der Waals surface area contributed by atoms with Gasteiger partial charge in [0.05, 0.1) is 5.75 Å². The zero-order valence-corrected chi connectivity index (χ0v) is 14.3. The van der Waals surface area contributed by atoms with Crippen molar-refractivity contribution in [3.05, 3.63) is 29.3 Å². The van der Waals surface area contributed by atoms with E-state index in [-0.39, 0.29) is 24.4 Å². The van der Waals surface area contributed by atoms with Gasteiger partial charge in [0.25, 0.3) is 0 Å². The highest BCUT2D eigenvalue weighted by Crippen LogP contribution is 2.24. The summed E-state index contributed by atoms with van der Waals surface area (Å²) in [6, 6.07) is 7.81. The second kappa shape index (κ2) is 9.57. The maximum absolute atomic E-state index is 12.0. The predicted molar refractivity (Wildman–Crippen MR) is 92.4 cm³/mol. The predicted octanol–water partition coefficient (Wildman–Crippen LogP) is 3.49. The third-order valence-electron chi connectivity index (χ3n) is 3.74. The Labute approximate surface area is 141 Å². The number of amides is 1. The van der Waals surface area contributed by atoms with E-state index in [2.05, 4.69) is 5.32 Å². The first kappa shape index (κ1) is 18.6. The fourth-order valence-electron chi connectivity index (χ4n) is 2.61. The molecule has 0 aromatic heterocycles. The van der Waals surface area contributed by atoms with Gasteiger partial charge in [-0.25, -0.2) is 0 Å². The molecule has 1 aromatic carbocycles. The summed E-state index contributed by atoms with van der Waals surface area (Å²) in [7, 11) is 0. The maximum Gasteiger partial charge on any atom is 0.230 e. The number of carbonyl (C=O) groups is 1. The van der Waals surface area contributed by atoms with E-state index in [1.807, 2.05) is 24.3 Å². The van der Waals surface area contributed by atoms with Crippen LogP contribution in [0.1, 0.15) is 25.7 Å². The maximum atomic E-state index is 12.0. The minimum atomic E-state index is 0. The number of benzene rings is 1. The molecule has 1 aliphatic carbocycles. The molecular formula is C15H22Cl2N2OS. The van der Waals surface area contributed by atoms with Gasteiger partial charge in [-0.1, -0.05) is 24.4 Å². The Morgan fingerprint density at radius 1 is 1.29 bits per heavy atom. The Kier molecular flexibility index (Phi) is 8.49. The Hall–Kier alpha value is -0.420. The summed E-state index contributed by atoms with van der Waals surface area (Å²) in [5.74, 6) is 0.971. The monoisotopic (exact) mass is 348 g/mol. The molecule has 0 radical (unpaired) electrons. The number of halogens is 2. The second-order valence-corrected chi connectivity index (χ2v) is 6.68. The standard InChI is InChI=1S/C15H21ClN2OS.ClH/c16-12-5-7-13(8-6-12)20-10-15(19)18-14-4-2-1-3-11(14)9-17;/h5-8,11,14H,1-4,9-10,17H2,(H,18,19);1H. The fraction of sp³-hybridized carbons (Fsp3) is 0.533. The lowest BCUT2D eigenvalue weighted by Gasteiger charge is -2.31. The van der Waals surface area contributed by atoms with Gasteiger partial charge >= 0.3 is 0 Å². The van der Waals surface area contributed by atoms with Crippen LogP contribution in [0.25, 0.3) is 0 Å². The molecule has 21 heavy (non-hydrogen) atoms. The van der Waals surface area contributed by atoms with Crippen LogP contribution in [-0.4, -0.2) is 24.2 Å². The van der Waals surface area contributed by atoms with Crippen LogP contribution in [0.15, 0.2) is 29.2 Å². The van der Waals surface area contributed by atoms with Gasteiger partial charge in [0.15, 0.2) is 0 Å². The summed E-state index contributed by atoms with van der Waals surface area (Å²) in [5, 5.41) is 3.85. The molecule has 1 amide bonds. The molecule has 0 spiro atoms. The van der Waals surface area contributed by atoms with Crippen molar-refractivity contribution in [2.75, 3.05) is 12.3 Å². The van der Waals surface area contributed by atoms with E-state index in [9.17, 15) is 4.79 Å². The van der Waals surface area contributed by atoms with E-state index in [0.717, 1.165) is 17.7 Å². The van der Waals surface area contributed by atoms with Gasteiger partial charge in [-0.2, -0.15) is 0 Å². The number of thioether (sulfide) groups is 1. The quantitative estimate of drug-likeness (QED) is 0.800.